The minimum Gasteiger partial charge on any atom is -0.285 e. The lowest BCUT2D eigenvalue weighted by atomic mass is 10.1. The van der Waals surface area contributed by atoms with Crippen LogP contribution in [0.25, 0.3) is 16.9 Å². The van der Waals surface area contributed by atoms with E-state index < -0.39 is 0 Å². The molecule has 0 saturated carbocycles. The van der Waals surface area contributed by atoms with Crippen molar-refractivity contribution in [3.05, 3.63) is 71.9 Å². The van der Waals surface area contributed by atoms with Crippen LogP contribution < -0.4 is 5.43 Å². The van der Waals surface area contributed by atoms with Crippen molar-refractivity contribution in [1.82, 2.24) is 20.2 Å². The molecule has 1 amide bonds. The smallest absolute Gasteiger partial charge is 0.269 e. The van der Waals surface area contributed by atoms with Crippen LogP contribution in [-0.2, 0) is 0 Å². The molecule has 0 spiro atoms. The van der Waals surface area contributed by atoms with Gasteiger partial charge in [0.15, 0.2) is 0 Å². The van der Waals surface area contributed by atoms with E-state index in [4.69, 9.17) is 0 Å². The number of nitrogens with one attached hydrogen (secondary N) is 1. The number of aromatic nitrogens is 2. The highest BCUT2D eigenvalue weighted by atomic mass is 16.2. The molecule has 0 aliphatic rings. The van der Waals surface area contributed by atoms with Crippen LogP contribution in [0.3, 0.4) is 0 Å². The van der Waals surface area contributed by atoms with Crippen molar-refractivity contribution in [2.45, 2.75) is 6.92 Å². The third-order valence-electron chi connectivity index (χ3n) is 3.63. The normalized spacial score (nSPS) is 10.8. The van der Waals surface area contributed by atoms with Gasteiger partial charge in [-0.05, 0) is 19.1 Å². The minimum absolute atomic E-state index is 0.183. The van der Waals surface area contributed by atoms with Crippen LogP contribution in [-0.4, -0.2) is 34.8 Å². The van der Waals surface area contributed by atoms with Gasteiger partial charge >= 0.3 is 0 Å². The van der Waals surface area contributed by atoms with Crippen molar-refractivity contribution in [2.24, 2.45) is 0 Å². The number of rotatable bonds is 4. The number of aryl methyl sites for hydroxylation is 1. The van der Waals surface area contributed by atoms with Crippen molar-refractivity contribution in [3.8, 4) is 16.9 Å². The van der Waals surface area contributed by atoms with E-state index in [9.17, 15) is 4.79 Å². The molecule has 1 N–H and O–H groups in total. The lowest BCUT2D eigenvalue weighted by Gasteiger charge is -2.11. The Morgan fingerprint density at radius 2 is 1.71 bits per heavy atom. The van der Waals surface area contributed by atoms with E-state index in [2.05, 4.69) is 10.5 Å². The second-order valence-corrected chi connectivity index (χ2v) is 5.87. The largest absolute Gasteiger partial charge is 0.285 e. The molecule has 0 aliphatic carbocycles. The van der Waals surface area contributed by atoms with Gasteiger partial charge in [-0.2, -0.15) is 5.10 Å². The molecule has 5 heteroatoms. The van der Waals surface area contributed by atoms with Crippen LogP contribution >= 0.6 is 0 Å². The number of carbonyl (C=O) groups is 1. The van der Waals surface area contributed by atoms with E-state index in [0.717, 1.165) is 11.3 Å². The van der Waals surface area contributed by atoms with Gasteiger partial charge in [-0.25, -0.2) is 9.69 Å². The highest BCUT2D eigenvalue weighted by Crippen LogP contribution is 2.24. The van der Waals surface area contributed by atoms with E-state index in [0.29, 0.717) is 11.3 Å². The highest BCUT2D eigenvalue weighted by Gasteiger charge is 2.19. The number of amides is 1. The zero-order valence-electron chi connectivity index (χ0n) is 14.0. The summed E-state index contributed by atoms with van der Waals surface area (Å²) in [5.41, 5.74) is 6.98. The van der Waals surface area contributed by atoms with Crippen LogP contribution in [0.2, 0.25) is 0 Å². The van der Waals surface area contributed by atoms with E-state index in [-0.39, 0.29) is 5.91 Å². The minimum atomic E-state index is -0.183. The van der Waals surface area contributed by atoms with Gasteiger partial charge in [-0.15, -0.1) is 0 Å². The van der Waals surface area contributed by atoms with Gasteiger partial charge in [0.2, 0.25) is 0 Å². The maximum Gasteiger partial charge on any atom is 0.269 e. The highest BCUT2D eigenvalue weighted by molar-refractivity contribution is 5.99. The van der Waals surface area contributed by atoms with Crippen molar-refractivity contribution >= 4 is 5.91 Å². The summed E-state index contributed by atoms with van der Waals surface area (Å²) in [4.78, 5) is 12.6. The van der Waals surface area contributed by atoms with Gasteiger partial charge in [-0.3, -0.25) is 10.2 Å². The van der Waals surface area contributed by atoms with Crippen LogP contribution in [0.15, 0.2) is 60.8 Å². The first-order valence-electron chi connectivity index (χ1n) is 7.75. The fourth-order valence-corrected chi connectivity index (χ4v) is 2.44. The predicted octanol–water partition coefficient (Wildman–Crippen LogP) is 3.05. The molecule has 1 aromatic heterocycles. The Morgan fingerprint density at radius 1 is 1.04 bits per heavy atom. The summed E-state index contributed by atoms with van der Waals surface area (Å²) in [5.74, 6) is -0.183. The van der Waals surface area contributed by atoms with E-state index >= 15 is 0 Å². The Balaban J connectivity index is 2.09. The molecule has 3 aromatic rings. The van der Waals surface area contributed by atoms with Gasteiger partial charge in [-0.1, -0.05) is 48.0 Å². The third kappa shape index (κ3) is 3.36. The Kier molecular flexibility index (Phi) is 4.44. The average Bonchev–Trinajstić information content (AvgIpc) is 3.01. The van der Waals surface area contributed by atoms with Crippen LogP contribution in [0.4, 0.5) is 0 Å². The predicted molar refractivity (Wildman–Crippen MR) is 94.9 cm³/mol. The quantitative estimate of drug-likeness (QED) is 0.752. The maximum atomic E-state index is 12.6. The number of nitrogens with zero attached hydrogens (tertiary/aromatic N) is 3. The summed E-state index contributed by atoms with van der Waals surface area (Å²) in [5, 5.41) is 6.27. The molecule has 0 atom stereocenters. The molecule has 0 unspecified atom stereocenters. The van der Waals surface area contributed by atoms with Gasteiger partial charge in [0, 0.05) is 25.9 Å². The molecule has 1 heterocycles. The van der Waals surface area contributed by atoms with Gasteiger partial charge < -0.3 is 0 Å². The van der Waals surface area contributed by atoms with Crippen LogP contribution in [0.1, 0.15) is 15.9 Å². The fourth-order valence-electron chi connectivity index (χ4n) is 2.44. The van der Waals surface area contributed by atoms with Crippen molar-refractivity contribution in [3.63, 3.8) is 0 Å². The molecular formula is C19H20N4O. The monoisotopic (exact) mass is 320 g/mol. The van der Waals surface area contributed by atoms with Crippen LogP contribution in [0, 0.1) is 6.92 Å². The summed E-state index contributed by atoms with van der Waals surface area (Å²) < 4.78 is 1.74. The lowest BCUT2D eigenvalue weighted by Crippen LogP contribution is -2.36. The first-order chi connectivity index (χ1) is 11.5. The second kappa shape index (κ2) is 6.68. The molecule has 122 valence electrons. The molecule has 24 heavy (non-hydrogen) atoms. The Hall–Kier alpha value is -2.92. The van der Waals surface area contributed by atoms with Crippen molar-refractivity contribution in [1.29, 1.82) is 0 Å². The molecule has 0 fully saturated rings. The fraction of sp³-hybridized carbons (Fsp3) is 0.158. The zero-order valence-corrected chi connectivity index (χ0v) is 14.0. The topological polar surface area (TPSA) is 50.2 Å². The van der Waals surface area contributed by atoms with Gasteiger partial charge in [0.05, 0.1) is 11.3 Å². The lowest BCUT2D eigenvalue weighted by molar-refractivity contribution is 0.0857. The first kappa shape index (κ1) is 16.0. The molecule has 3 rings (SSSR count). The number of hydrogen-bond donors (Lipinski definition) is 1. The maximum absolute atomic E-state index is 12.6. The van der Waals surface area contributed by atoms with E-state index in [1.807, 2.05) is 61.5 Å². The summed E-state index contributed by atoms with van der Waals surface area (Å²) in [6, 6.07) is 17.8. The third-order valence-corrected chi connectivity index (χ3v) is 3.63. The average molecular weight is 320 g/mol. The molecular weight excluding hydrogens is 300 g/mol. The standard InChI is InChI=1S/C19H20N4O/c1-14-9-11-15(12-10-14)18-17(19(24)21-22(2)3)13-23(20-18)16-7-5-4-6-8-16/h4-13H,1-3H3,(H,21,24). The number of para-hydroxylation sites is 1. The Morgan fingerprint density at radius 3 is 2.33 bits per heavy atom. The molecule has 0 radical (unpaired) electrons. The first-order valence-corrected chi connectivity index (χ1v) is 7.75. The van der Waals surface area contributed by atoms with E-state index in [1.54, 1.807) is 30.0 Å². The summed E-state index contributed by atoms with van der Waals surface area (Å²) >= 11 is 0. The molecule has 0 saturated heterocycles. The SMILES string of the molecule is Cc1ccc(-c2nn(-c3ccccc3)cc2C(=O)NN(C)C)cc1. The molecule has 0 aliphatic heterocycles. The van der Waals surface area contributed by atoms with E-state index in [1.165, 1.54) is 5.56 Å². The molecule has 0 bridgehead atoms. The Labute approximate surface area is 141 Å². The second-order valence-electron chi connectivity index (χ2n) is 5.87. The molecule has 5 nitrogen and oxygen atoms in total. The number of carbonyl (C=O) groups excluding carboxylic acids is 1. The van der Waals surface area contributed by atoms with Crippen LogP contribution in [0.5, 0.6) is 0 Å². The summed E-state index contributed by atoms with van der Waals surface area (Å²) in [7, 11) is 3.57. The van der Waals surface area contributed by atoms with Crippen molar-refractivity contribution in [2.75, 3.05) is 14.1 Å². The molecule has 2 aromatic carbocycles. The summed E-state index contributed by atoms with van der Waals surface area (Å²) in [6.45, 7) is 2.03. The Bertz CT molecular complexity index is 836. The van der Waals surface area contributed by atoms with Crippen molar-refractivity contribution < 1.29 is 4.79 Å². The summed E-state index contributed by atoms with van der Waals surface area (Å²) in [6.07, 6.45) is 1.77. The van der Waals surface area contributed by atoms with Gasteiger partial charge in [0.1, 0.15) is 5.69 Å². The number of hydrazine groups is 1. The van der Waals surface area contributed by atoms with Gasteiger partial charge in [0.25, 0.3) is 5.91 Å². The number of hydrogen-bond acceptors (Lipinski definition) is 3. The number of benzene rings is 2. The zero-order chi connectivity index (χ0) is 17.1.